The summed E-state index contributed by atoms with van der Waals surface area (Å²) in [7, 11) is 0. The Balaban J connectivity index is 3.00. The Labute approximate surface area is 83.6 Å². The summed E-state index contributed by atoms with van der Waals surface area (Å²) < 4.78 is 0. The van der Waals surface area contributed by atoms with Gasteiger partial charge in [0.25, 0.3) is 0 Å². The van der Waals surface area contributed by atoms with Gasteiger partial charge in [-0.3, -0.25) is 4.79 Å². The first-order chi connectivity index (χ1) is 6.66. The lowest BCUT2D eigenvalue weighted by atomic mass is 9.99. The van der Waals surface area contributed by atoms with Gasteiger partial charge in [-0.05, 0) is 25.5 Å². The molecule has 0 fully saturated rings. The molecule has 0 aliphatic heterocycles. The molecule has 3 nitrogen and oxygen atoms in total. The molecular weight excluding hydrogens is 178 g/mol. The van der Waals surface area contributed by atoms with Crippen molar-refractivity contribution in [1.82, 2.24) is 0 Å². The fourth-order valence-electron chi connectivity index (χ4n) is 1.36. The minimum absolute atomic E-state index is 0.242. The lowest BCUT2D eigenvalue weighted by Crippen LogP contribution is -2.18. The van der Waals surface area contributed by atoms with Crippen molar-refractivity contribution in [3.8, 4) is 0 Å². The average Bonchev–Trinajstić information content (AvgIpc) is 2.18. The van der Waals surface area contributed by atoms with E-state index in [9.17, 15) is 9.90 Å². The van der Waals surface area contributed by atoms with Crippen molar-refractivity contribution in [3.05, 3.63) is 35.4 Å². The van der Waals surface area contributed by atoms with Gasteiger partial charge in [-0.15, -0.1) is 0 Å². The minimum Gasteiger partial charge on any atom is -0.385 e. The predicted octanol–water partition coefficient (Wildman–Crippen LogP) is 0.751. The number of Topliss-reactive ketones (excluding diaryl/α,β-unsaturated/α-hetero) is 1. The van der Waals surface area contributed by atoms with Gasteiger partial charge in [0.15, 0.2) is 5.78 Å². The van der Waals surface area contributed by atoms with Gasteiger partial charge in [0, 0.05) is 5.56 Å². The van der Waals surface area contributed by atoms with E-state index >= 15 is 0 Å². The number of aliphatic hydroxyl groups excluding tert-OH is 1. The summed E-state index contributed by atoms with van der Waals surface area (Å²) >= 11 is 0. The molecule has 1 aromatic carbocycles. The summed E-state index contributed by atoms with van der Waals surface area (Å²) in [6.07, 6.45) is -0.289. The number of benzene rings is 1. The first kappa shape index (κ1) is 10.9. The zero-order valence-electron chi connectivity index (χ0n) is 8.23. The van der Waals surface area contributed by atoms with Crippen molar-refractivity contribution in [2.24, 2.45) is 5.73 Å². The van der Waals surface area contributed by atoms with Gasteiger partial charge in [-0.1, -0.05) is 24.3 Å². The van der Waals surface area contributed by atoms with Gasteiger partial charge in [0.1, 0.15) is 6.10 Å². The number of hydrogen-bond donors (Lipinski definition) is 2. The first-order valence-corrected chi connectivity index (χ1v) is 4.67. The molecule has 1 rings (SSSR count). The van der Waals surface area contributed by atoms with Gasteiger partial charge in [-0.25, -0.2) is 0 Å². The highest BCUT2D eigenvalue weighted by atomic mass is 16.3. The number of ketones is 1. The van der Waals surface area contributed by atoms with Crippen molar-refractivity contribution < 1.29 is 9.90 Å². The van der Waals surface area contributed by atoms with Gasteiger partial charge >= 0.3 is 0 Å². The van der Waals surface area contributed by atoms with Crippen LogP contribution >= 0.6 is 0 Å². The van der Waals surface area contributed by atoms with Gasteiger partial charge in [0.2, 0.25) is 0 Å². The Kier molecular flexibility index (Phi) is 3.80. The second kappa shape index (κ2) is 4.88. The Hall–Kier alpha value is -1.19. The van der Waals surface area contributed by atoms with Crippen LogP contribution in [-0.2, 0) is 6.42 Å². The summed E-state index contributed by atoms with van der Waals surface area (Å²) in [4.78, 5) is 11.5. The van der Waals surface area contributed by atoms with E-state index in [0.717, 1.165) is 5.56 Å². The van der Waals surface area contributed by atoms with Gasteiger partial charge in [-0.2, -0.15) is 0 Å². The number of aliphatic hydroxyl groups is 1. The molecule has 3 heteroatoms. The lowest BCUT2D eigenvalue weighted by molar-refractivity contribution is 0.0778. The van der Waals surface area contributed by atoms with Crippen LogP contribution in [0.5, 0.6) is 0 Å². The predicted molar refractivity (Wildman–Crippen MR) is 55.2 cm³/mol. The topological polar surface area (TPSA) is 63.3 Å². The molecule has 0 saturated carbocycles. The lowest BCUT2D eigenvalue weighted by Gasteiger charge is -2.08. The Morgan fingerprint density at radius 3 is 2.71 bits per heavy atom. The van der Waals surface area contributed by atoms with Crippen LogP contribution in [0.3, 0.4) is 0 Å². The molecule has 1 unspecified atom stereocenters. The fourth-order valence-corrected chi connectivity index (χ4v) is 1.36. The van der Waals surface area contributed by atoms with Crippen LogP contribution in [-0.4, -0.2) is 23.5 Å². The first-order valence-electron chi connectivity index (χ1n) is 4.67. The quantitative estimate of drug-likeness (QED) is 0.694. The number of hydrogen-bond acceptors (Lipinski definition) is 3. The average molecular weight is 193 g/mol. The minimum atomic E-state index is -0.950. The van der Waals surface area contributed by atoms with Crippen molar-refractivity contribution in [2.75, 3.05) is 6.54 Å². The van der Waals surface area contributed by atoms with Crippen LogP contribution in [0.15, 0.2) is 24.3 Å². The van der Waals surface area contributed by atoms with Crippen molar-refractivity contribution in [3.63, 3.8) is 0 Å². The highest BCUT2D eigenvalue weighted by Crippen LogP contribution is 2.11. The summed E-state index contributed by atoms with van der Waals surface area (Å²) in [6.45, 7) is 1.98. The number of carbonyl (C=O) groups is 1. The Morgan fingerprint density at radius 1 is 1.50 bits per heavy atom. The van der Waals surface area contributed by atoms with Crippen LogP contribution in [0.2, 0.25) is 0 Å². The van der Waals surface area contributed by atoms with Crippen molar-refractivity contribution >= 4 is 5.78 Å². The second-order valence-corrected chi connectivity index (χ2v) is 3.24. The highest BCUT2D eigenvalue weighted by molar-refractivity contribution is 6.00. The van der Waals surface area contributed by atoms with Crippen LogP contribution in [0.25, 0.3) is 0 Å². The molecule has 3 N–H and O–H groups in total. The zero-order valence-corrected chi connectivity index (χ0v) is 8.23. The Morgan fingerprint density at radius 2 is 2.14 bits per heavy atom. The number of nitrogens with two attached hydrogens (primary N) is 1. The van der Waals surface area contributed by atoms with E-state index in [1.54, 1.807) is 12.1 Å². The zero-order chi connectivity index (χ0) is 10.6. The standard InChI is InChI=1S/C11H15NO2/c1-8(13)11(14)10-5-3-2-4-9(10)6-7-12/h2-5,8,13H,6-7,12H2,1H3. The SMILES string of the molecule is CC(O)C(=O)c1ccccc1CCN. The largest absolute Gasteiger partial charge is 0.385 e. The van der Waals surface area contributed by atoms with Gasteiger partial charge < -0.3 is 10.8 Å². The summed E-state index contributed by atoms with van der Waals surface area (Å²) in [5, 5.41) is 9.19. The normalized spacial score (nSPS) is 12.5. The third-order valence-corrected chi connectivity index (χ3v) is 2.08. The van der Waals surface area contributed by atoms with Crippen molar-refractivity contribution in [2.45, 2.75) is 19.4 Å². The molecule has 0 saturated heterocycles. The second-order valence-electron chi connectivity index (χ2n) is 3.24. The maximum absolute atomic E-state index is 11.5. The fraction of sp³-hybridized carbons (Fsp3) is 0.364. The molecule has 0 radical (unpaired) electrons. The molecule has 0 heterocycles. The monoisotopic (exact) mass is 193 g/mol. The maximum atomic E-state index is 11.5. The summed E-state index contributed by atoms with van der Waals surface area (Å²) in [5.74, 6) is -0.242. The van der Waals surface area contributed by atoms with E-state index < -0.39 is 6.10 Å². The smallest absolute Gasteiger partial charge is 0.191 e. The summed E-state index contributed by atoms with van der Waals surface area (Å²) in [6, 6.07) is 7.24. The number of carbonyl (C=O) groups excluding carboxylic acids is 1. The Bertz CT molecular complexity index is 321. The van der Waals surface area contributed by atoms with Gasteiger partial charge in [0.05, 0.1) is 0 Å². The van der Waals surface area contributed by atoms with E-state index in [0.29, 0.717) is 18.5 Å². The molecule has 0 aliphatic carbocycles. The van der Waals surface area contributed by atoms with E-state index in [1.807, 2.05) is 12.1 Å². The van der Waals surface area contributed by atoms with Crippen LogP contribution in [0, 0.1) is 0 Å². The third kappa shape index (κ3) is 2.40. The molecule has 0 spiro atoms. The van der Waals surface area contributed by atoms with Crippen LogP contribution in [0.1, 0.15) is 22.8 Å². The van der Waals surface area contributed by atoms with Crippen molar-refractivity contribution in [1.29, 1.82) is 0 Å². The highest BCUT2D eigenvalue weighted by Gasteiger charge is 2.14. The molecule has 1 atom stereocenters. The number of rotatable bonds is 4. The molecule has 0 amide bonds. The molecular formula is C11H15NO2. The van der Waals surface area contributed by atoms with Crippen LogP contribution in [0.4, 0.5) is 0 Å². The molecule has 0 aromatic heterocycles. The molecule has 76 valence electrons. The molecule has 0 bridgehead atoms. The third-order valence-electron chi connectivity index (χ3n) is 2.08. The van der Waals surface area contributed by atoms with E-state index in [2.05, 4.69) is 0 Å². The van der Waals surface area contributed by atoms with E-state index in [-0.39, 0.29) is 5.78 Å². The van der Waals surface area contributed by atoms with Crippen LogP contribution < -0.4 is 5.73 Å². The van der Waals surface area contributed by atoms with E-state index in [4.69, 9.17) is 5.73 Å². The molecule has 14 heavy (non-hydrogen) atoms. The molecule has 1 aromatic rings. The maximum Gasteiger partial charge on any atom is 0.191 e. The van der Waals surface area contributed by atoms with E-state index in [1.165, 1.54) is 6.92 Å². The molecule has 0 aliphatic rings. The summed E-state index contributed by atoms with van der Waals surface area (Å²) in [5.41, 5.74) is 6.91.